The van der Waals surface area contributed by atoms with Gasteiger partial charge in [-0.2, -0.15) is 0 Å². The van der Waals surface area contributed by atoms with E-state index in [0.717, 1.165) is 64.8 Å². The van der Waals surface area contributed by atoms with Crippen molar-refractivity contribution in [2.45, 2.75) is 58.4 Å². The Morgan fingerprint density at radius 1 is 1.09 bits per heavy atom. The Labute approximate surface area is 134 Å². The van der Waals surface area contributed by atoms with Gasteiger partial charge in [-0.3, -0.25) is 14.5 Å². The minimum absolute atomic E-state index is 0.0856. The highest BCUT2D eigenvalue weighted by Gasteiger charge is 2.32. The van der Waals surface area contributed by atoms with Gasteiger partial charge in [0.1, 0.15) is 0 Å². The lowest BCUT2D eigenvalue weighted by Gasteiger charge is -2.37. The molecule has 0 aromatic rings. The molecule has 126 valence electrons. The van der Waals surface area contributed by atoms with E-state index >= 15 is 0 Å². The van der Waals surface area contributed by atoms with Gasteiger partial charge in [-0.15, -0.1) is 0 Å². The fourth-order valence-corrected chi connectivity index (χ4v) is 3.47. The number of likely N-dealkylation sites (tertiary alicyclic amines) is 2. The maximum atomic E-state index is 12.5. The Bertz CT molecular complexity index is 372. The maximum Gasteiger partial charge on any atom is 0.237 e. The third-order valence-corrected chi connectivity index (χ3v) is 5.02. The number of hydrogen-bond donors (Lipinski definition) is 1. The molecule has 1 N–H and O–H groups in total. The molecule has 1 unspecified atom stereocenters. The van der Waals surface area contributed by atoms with Crippen molar-refractivity contribution in [1.82, 2.24) is 15.1 Å². The van der Waals surface area contributed by atoms with Crippen LogP contribution in [-0.2, 0) is 9.59 Å². The summed E-state index contributed by atoms with van der Waals surface area (Å²) in [5.74, 6) is 0.630. The second-order valence-corrected chi connectivity index (χ2v) is 6.66. The quantitative estimate of drug-likeness (QED) is 0.840. The molecule has 0 aromatic heterocycles. The van der Waals surface area contributed by atoms with Crippen molar-refractivity contribution in [3.63, 3.8) is 0 Å². The van der Waals surface area contributed by atoms with Gasteiger partial charge < -0.3 is 10.2 Å². The lowest BCUT2D eigenvalue weighted by molar-refractivity contribution is -0.138. The minimum atomic E-state index is -0.0856. The highest BCUT2D eigenvalue weighted by molar-refractivity contribution is 5.81. The number of nitrogens with one attached hydrogen (secondary N) is 1. The van der Waals surface area contributed by atoms with Crippen LogP contribution < -0.4 is 5.32 Å². The van der Waals surface area contributed by atoms with Gasteiger partial charge in [-0.25, -0.2) is 0 Å². The molecule has 0 saturated carbocycles. The van der Waals surface area contributed by atoms with Crippen LogP contribution in [0.2, 0.25) is 0 Å². The summed E-state index contributed by atoms with van der Waals surface area (Å²) in [5, 5.41) is 2.96. The molecule has 5 nitrogen and oxygen atoms in total. The van der Waals surface area contributed by atoms with Crippen LogP contribution in [0.4, 0.5) is 0 Å². The van der Waals surface area contributed by atoms with E-state index in [9.17, 15) is 9.59 Å². The van der Waals surface area contributed by atoms with E-state index in [1.165, 1.54) is 6.42 Å². The summed E-state index contributed by atoms with van der Waals surface area (Å²) in [4.78, 5) is 28.8. The zero-order valence-corrected chi connectivity index (χ0v) is 14.1. The van der Waals surface area contributed by atoms with Crippen molar-refractivity contribution in [2.24, 2.45) is 5.92 Å². The van der Waals surface area contributed by atoms with Gasteiger partial charge in [0.25, 0.3) is 0 Å². The molecule has 22 heavy (non-hydrogen) atoms. The topological polar surface area (TPSA) is 52.7 Å². The third kappa shape index (κ3) is 4.45. The Kier molecular flexibility index (Phi) is 6.68. The summed E-state index contributed by atoms with van der Waals surface area (Å²) in [7, 11) is 0. The number of hydrogen-bond acceptors (Lipinski definition) is 3. The summed E-state index contributed by atoms with van der Waals surface area (Å²) in [6.07, 6.45) is 6.30. The van der Waals surface area contributed by atoms with Gasteiger partial charge >= 0.3 is 0 Å². The standard InChI is InChI=1S/C17H31N3O2/c1-3-9-18-16(21)14(2)19-12-7-15(8-13-19)17(22)20-10-5-4-6-11-20/h14-15H,3-13H2,1-2H3,(H,18,21). The van der Waals surface area contributed by atoms with E-state index < -0.39 is 0 Å². The Morgan fingerprint density at radius 3 is 2.32 bits per heavy atom. The Hall–Kier alpha value is -1.10. The van der Waals surface area contributed by atoms with Crippen molar-refractivity contribution < 1.29 is 9.59 Å². The van der Waals surface area contributed by atoms with Crippen LogP contribution >= 0.6 is 0 Å². The van der Waals surface area contributed by atoms with Crippen LogP contribution in [0.25, 0.3) is 0 Å². The lowest BCUT2D eigenvalue weighted by atomic mass is 9.93. The predicted octanol–water partition coefficient (Wildman–Crippen LogP) is 1.63. The predicted molar refractivity (Wildman–Crippen MR) is 87.5 cm³/mol. The summed E-state index contributed by atoms with van der Waals surface area (Å²) >= 11 is 0. The molecule has 2 aliphatic heterocycles. The summed E-state index contributed by atoms with van der Waals surface area (Å²) in [6.45, 7) is 8.35. The molecule has 5 heteroatoms. The van der Waals surface area contributed by atoms with Crippen LogP contribution in [0.3, 0.4) is 0 Å². The molecule has 2 saturated heterocycles. The van der Waals surface area contributed by atoms with Crippen LogP contribution in [0.15, 0.2) is 0 Å². The number of rotatable bonds is 5. The Balaban J connectivity index is 1.77. The van der Waals surface area contributed by atoms with Crippen LogP contribution in [0, 0.1) is 5.92 Å². The number of piperidine rings is 2. The molecule has 0 spiro atoms. The fraction of sp³-hybridized carbons (Fsp3) is 0.882. The van der Waals surface area contributed by atoms with E-state index in [0.29, 0.717) is 5.91 Å². The zero-order valence-electron chi connectivity index (χ0n) is 14.1. The van der Waals surface area contributed by atoms with E-state index in [1.807, 2.05) is 6.92 Å². The number of carbonyl (C=O) groups is 2. The molecule has 0 bridgehead atoms. The van der Waals surface area contributed by atoms with Crippen molar-refractivity contribution in [1.29, 1.82) is 0 Å². The zero-order chi connectivity index (χ0) is 15.9. The average molecular weight is 309 g/mol. The van der Waals surface area contributed by atoms with E-state index in [4.69, 9.17) is 0 Å². The molecule has 1 atom stereocenters. The normalized spacial score (nSPS) is 22.4. The number of amides is 2. The molecule has 2 rings (SSSR count). The number of carbonyl (C=O) groups excluding carboxylic acids is 2. The van der Waals surface area contributed by atoms with E-state index in [1.54, 1.807) is 0 Å². The molecular weight excluding hydrogens is 278 g/mol. The third-order valence-electron chi connectivity index (χ3n) is 5.02. The molecule has 0 aromatic carbocycles. The first-order valence-electron chi connectivity index (χ1n) is 8.94. The molecule has 0 aliphatic carbocycles. The first-order chi connectivity index (χ1) is 10.6. The second-order valence-electron chi connectivity index (χ2n) is 6.66. The number of nitrogens with zero attached hydrogens (tertiary/aromatic N) is 2. The Morgan fingerprint density at radius 2 is 1.73 bits per heavy atom. The van der Waals surface area contributed by atoms with Gasteiger partial charge in [0.2, 0.25) is 11.8 Å². The van der Waals surface area contributed by atoms with Gasteiger partial charge in [0.05, 0.1) is 6.04 Å². The van der Waals surface area contributed by atoms with Crippen LogP contribution in [0.5, 0.6) is 0 Å². The van der Waals surface area contributed by atoms with Crippen LogP contribution in [0.1, 0.15) is 52.4 Å². The molecule has 0 radical (unpaired) electrons. The lowest BCUT2D eigenvalue weighted by Crippen LogP contribution is -2.50. The summed E-state index contributed by atoms with van der Waals surface area (Å²) in [6, 6.07) is -0.0856. The monoisotopic (exact) mass is 309 g/mol. The van der Waals surface area contributed by atoms with Crippen molar-refractivity contribution in [3.05, 3.63) is 0 Å². The van der Waals surface area contributed by atoms with Crippen molar-refractivity contribution in [3.8, 4) is 0 Å². The molecule has 2 amide bonds. The summed E-state index contributed by atoms with van der Waals surface area (Å²) in [5.41, 5.74) is 0. The highest BCUT2D eigenvalue weighted by atomic mass is 16.2. The van der Waals surface area contributed by atoms with Gasteiger partial charge in [-0.05, 0) is 58.5 Å². The van der Waals surface area contributed by atoms with Crippen LogP contribution in [-0.4, -0.2) is 60.4 Å². The molecular formula is C17H31N3O2. The fourth-order valence-electron chi connectivity index (χ4n) is 3.47. The van der Waals surface area contributed by atoms with Gasteiger partial charge in [0, 0.05) is 25.6 Å². The van der Waals surface area contributed by atoms with E-state index in [2.05, 4.69) is 22.0 Å². The highest BCUT2D eigenvalue weighted by Crippen LogP contribution is 2.23. The molecule has 2 aliphatic rings. The first kappa shape index (κ1) is 17.3. The van der Waals surface area contributed by atoms with Gasteiger partial charge in [-0.1, -0.05) is 6.92 Å². The molecule has 2 fully saturated rings. The first-order valence-corrected chi connectivity index (χ1v) is 8.94. The maximum absolute atomic E-state index is 12.5. The summed E-state index contributed by atoms with van der Waals surface area (Å²) < 4.78 is 0. The smallest absolute Gasteiger partial charge is 0.237 e. The van der Waals surface area contributed by atoms with E-state index in [-0.39, 0.29) is 17.9 Å². The SMILES string of the molecule is CCCNC(=O)C(C)N1CCC(C(=O)N2CCCCC2)CC1. The second kappa shape index (κ2) is 8.51. The van der Waals surface area contributed by atoms with Crippen molar-refractivity contribution >= 4 is 11.8 Å². The minimum Gasteiger partial charge on any atom is -0.355 e. The molecule has 2 heterocycles. The largest absolute Gasteiger partial charge is 0.355 e. The van der Waals surface area contributed by atoms with Gasteiger partial charge in [0.15, 0.2) is 0 Å². The van der Waals surface area contributed by atoms with Crippen molar-refractivity contribution in [2.75, 3.05) is 32.7 Å². The average Bonchev–Trinajstić information content (AvgIpc) is 2.59.